The summed E-state index contributed by atoms with van der Waals surface area (Å²) in [5.74, 6) is -1.64. The molecule has 0 saturated heterocycles. The summed E-state index contributed by atoms with van der Waals surface area (Å²) in [4.78, 5) is 49.3. The lowest BCUT2D eigenvalue weighted by Gasteiger charge is -2.43. The molecule has 3 atom stereocenters. The molecule has 47 heavy (non-hydrogen) atoms. The maximum Gasteiger partial charge on any atom is 0.311 e. The lowest BCUT2D eigenvalue weighted by Crippen LogP contribution is -2.42. The fourth-order valence-electron chi connectivity index (χ4n) is 5.96. The molecule has 0 aromatic carbocycles. The van der Waals surface area contributed by atoms with Gasteiger partial charge in [0.25, 0.3) is 0 Å². The van der Waals surface area contributed by atoms with Crippen molar-refractivity contribution < 1.29 is 28.6 Å². The highest BCUT2D eigenvalue weighted by Gasteiger charge is 2.48. The van der Waals surface area contributed by atoms with Crippen molar-refractivity contribution in [3.8, 4) is 0 Å². The van der Waals surface area contributed by atoms with Gasteiger partial charge in [-0.2, -0.15) is 0 Å². The first-order valence-electron chi connectivity index (χ1n) is 16.9. The normalized spacial score (nSPS) is 19.1. The van der Waals surface area contributed by atoms with Crippen molar-refractivity contribution in [2.24, 2.45) is 37.9 Å². The highest BCUT2D eigenvalue weighted by atomic mass is 16.5. The standard InChI is InChI=1S/C38H61N3O6/c1-29(2)40-21-16-24-45-33(42)31(5)26-37(8,35(44)47-25-17-22-41-30(3)4)28-38(9,32-18-13-11-10-12-14-19-32)27-36(6,7)34(43)46-23-15-20-39/h10-14,18-19,31H,15-17,20-28,39H2,1-9H3/b11-10-,12-10?,13-11?,14-12-,18-13-,19-14?,32-18?,32-19+. The van der Waals surface area contributed by atoms with E-state index >= 15 is 0 Å². The average molecular weight is 656 g/mol. The van der Waals surface area contributed by atoms with E-state index < -0.39 is 22.2 Å². The number of carbonyl (C=O) groups is 3. The molecule has 9 nitrogen and oxygen atoms in total. The van der Waals surface area contributed by atoms with E-state index in [-0.39, 0.29) is 44.1 Å². The van der Waals surface area contributed by atoms with Crippen LogP contribution < -0.4 is 5.73 Å². The Morgan fingerprint density at radius 2 is 1.28 bits per heavy atom. The zero-order chi connectivity index (χ0) is 35.5. The minimum atomic E-state index is -1.09. The third-order valence-corrected chi connectivity index (χ3v) is 8.03. The number of carbonyl (C=O) groups excluding carboxylic acids is 3. The van der Waals surface area contributed by atoms with E-state index in [9.17, 15) is 14.4 Å². The van der Waals surface area contributed by atoms with E-state index in [1.807, 2.05) is 91.0 Å². The number of esters is 3. The summed E-state index contributed by atoms with van der Waals surface area (Å²) in [5.41, 5.74) is 5.85. The molecule has 0 aliphatic heterocycles. The van der Waals surface area contributed by atoms with Crippen LogP contribution in [-0.2, 0) is 28.6 Å². The molecule has 9 heteroatoms. The first-order chi connectivity index (χ1) is 22.1. The van der Waals surface area contributed by atoms with Crippen LogP contribution in [0.25, 0.3) is 0 Å². The molecule has 0 fully saturated rings. The molecule has 0 radical (unpaired) electrons. The van der Waals surface area contributed by atoms with Gasteiger partial charge in [0.15, 0.2) is 0 Å². The van der Waals surface area contributed by atoms with Crippen molar-refractivity contribution in [2.45, 2.75) is 101 Å². The first kappa shape index (κ1) is 41.7. The third-order valence-electron chi connectivity index (χ3n) is 8.03. The van der Waals surface area contributed by atoms with E-state index in [0.29, 0.717) is 51.7 Å². The minimum Gasteiger partial charge on any atom is -0.465 e. The molecule has 264 valence electrons. The molecule has 1 aliphatic carbocycles. The second-order valence-electron chi connectivity index (χ2n) is 14.2. The van der Waals surface area contributed by atoms with Gasteiger partial charge >= 0.3 is 17.9 Å². The molecule has 0 bridgehead atoms. The van der Waals surface area contributed by atoms with Gasteiger partial charge in [0, 0.05) is 37.4 Å². The van der Waals surface area contributed by atoms with Gasteiger partial charge in [-0.15, -0.1) is 0 Å². The van der Waals surface area contributed by atoms with Crippen LogP contribution in [-0.4, -0.2) is 68.8 Å². The van der Waals surface area contributed by atoms with Crippen LogP contribution in [0.1, 0.15) is 101 Å². The van der Waals surface area contributed by atoms with Gasteiger partial charge in [-0.05, 0) is 91.7 Å². The van der Waals surface area contributed by atoms with Crippen molar-refractivity contribution in [3.63, 3.8) is 0 Å². The SMILES string of the molecule is CC(C)=NCCCOC(=O)C(C)CC(C)(CC(C)(CC(C)(C)C(=O)OCCCN)C1=C/C=C\C=C/C=C\1)C(=O)OCCCN=C(C)C. The number of allylic oxidation sites excluding steroid dienone is 8. The van der Waals surface area contributed by atoms with Gasteiger partial charge in [0.05, 0.1) is 36.6 Å². The number of nitrogens with two attached hydrogens (primary N) is 1. The number of hydrogen-bond donors (Lipinski definition) is 1. The van der Waals surface area contributed by atoms with Crippen LogP contribution >= 0.6 is 0 Å². The van der Waals surface area contributed by atoms with Crippen molar-refractivity contribution >= 4 is 29.3 Å². The topological polar surface area (TPSA) is 130 Å². The highest BCUT2D eigenvalue weighted by Crippen LogP contribution is 2.50. The van der Waals surface area contributed by atoms with E-state index in [0.717, 1.165) is 17.0 Å². The van der Waals surface area contributed by atoms with Crippen LogP contribution in [0.5, 0.6) is 0 Å². The zero-order valence-electron chi connectivity index (χ0n) is 30.5. The first-order valence-corrected chi connectivity index (χ1v) is 16.9. The van der Waals surface area contributed by atoms with Gasteiger partial charge in [0.2, 0.25) is 0 Å². The summed E-state index contributed by atoms with van der Waals surface area (Å²) in [6, 6.07) is 0. The molecule has 2 N–H and O–H groups in total. The van der Waals surface area contributed by atoms with Crippen LogP contribution in [0.2, 0.25) is 0 Å². The largest absolute Gasteiger partial charge is 0.465 e. The Morgan fingerprint density at radius 3 is 1.87 bits per heavy atom. The fraction of sp³-hybridized carbons (Fsp3) is 0.658. The Kier molecular flexibility index (Phi) is 18.5. The maximum absolute atomic E-state index is 14.0. The van der Waals surface area contributed by atoms with Crippen LogP contribution in [0, 0.1) is 22.2 Å². The fourth-order valence-corrected chi connectivity index (χ4v) is 5.96. The van der Waals surface area contributed by atoms with E-state index in [2.05, 4.69) is 16.9 Å². The predicted molar refractivity (Wildman–Crippen MR) is 192 cm³/mol. The number of ether oxygens (including phenoxy) is 3. The molecule has 1 rings (SSSR count). The van der Waals surface area contributed by atoms with E-state index in [1.54, 1.807) is 6.92 Å². The minimum absolute atomic E-state index is 0.215. The monoisotopic (exact) mass is 655 g/mol. The maximum atomic E-state index is 14.0. The Hall–Kier alpha value is -3.33. The van der Waals surface area contributed by atoms with Gasteiger partial charge in [-0.3, -0.25) is 24.4 Å². The number of aliphatic imine (C=N–C) groups is 2. The van der Waals surface area contributed by atoms with Gasteiger partial charge in [0.1, 0.15) is 0 Å². The molecule has 0 aromatic heterocycles. The number of hydrogen-bond acceptors (Lipinski definition) is 9. The van der Waals surface area contributed by atoms with E-state index in [1.165, 1.54) is 0 Å². The van der Waals surface area contributed by atoms with Crippen LogP contribution in [0.3, 0.4) is 0 Å². The Balaban J connectivity index is 3.45. The summed E-state index contributed by atoms with van der Waals surface area (Å²) in [5, 5.41) is 0. The molecule has 0 amide bonds. The summed E-state index contributed by atoms with van der Waals surface area (Å²) in [7, 11) is 0. The Morgan fingerprint density at radius 1 is 0.745 bits per heavy atom. The van der Waals surface area contributed by atoms with E-state index in [4.69, 9.17) is 19.9 Å². The lowest BCUT2D eigenvalue weighted by molar-refractivity contribution is -0.161. The Labute approximate surface area is 283 Å². The molecular weight excluding hydrogens is 594 g/mol. The molecule has 3 unspecified atom stereocenters. The highest BCUT2D eigenvalue weighted by molar-refractivity contribution is 5.80. The lowest BCUT2D eigenvalue weighted by atomic mass is 9.61. The summed E-state index contributed by atoms with van der Waals surface area (Å²) >= 11 is 0. The van der Waals surface area contributed by atoms with Crippen molar-refractivity contribution in [1.29, 1.82) is 0 Å². The van der Waals surface area contributed by atoms with Gasteiger partial charge < -0.3 is 19.9 Å². The van der Waals surface area contributed by atoms with Crippen LogP contribution in [0.15, 0.2) is 58.1 Å². The molecular formula is C38H61N3O6. The summed E-state index contributed by atoms with van der Waals surface area (Å²) in [6.45, 7) is 19.5. The molecule has 0 heterocycles. The Bertz CT molecular complexity index is 1200. The molecule has 1 aliphatic rings. The predicted octanol–water partition coefficient (Wildman–Crippen LogP) is 7.16. The molecule has 0 spiro atoms. The number of nitrogens with zero attached hydrogens (tertiary/aromatic N) is 2. The summed E-state index contributed by atoms with van der Waals surface area (Å²) in [6.07, 6.45) is 16.5. The van der Waals surface area contributed by atoms with Gasteiger partial charge in [-0.1, -0.05) is 56.4 Å². The average Bonchev–Trinajstić information content (AvgIpc) is 2.95. The smallest absolute Gasteiger partial charge is 0.311 e. The second kappa shape index (κ2) is 20.8. The molecule has 0 saturated carbocycles. The quantitative estimate of drug-likeness (QED) is 0.0601. The third kappa shape index (κ3) is 15.9. The summed E-state index contributed by atoms with van der Waals surface area (Å²) < 4.78 is 17.1. The van der Waals surface area contributed by atoms with Crippen molar-refractivity contribution in [2.75, 3.05) is 39.5 Å². The number of rotatable bonds is 21. The van der Waals surface area contributed by atoms with Crippen molar-refractivity contribution in [1.82, 2.24) is 0 Å². The van der Waals surface area contributed by atoms with Gasteiger partial charge in [-0.25, -0.2) is 0 Å². The van der Waals surface area contributed by atoms with Crippen LogP contribution in [0.4, 0.5) is 0 Å². The van der Waals surface area contributed by atoms with Crippen molar-refractivity contribution in [3.05, 3.63) is 48.1 Å². The molecule has 0 aromatic rings. The zero-order valence-corrected chi connectivity index (χ0v) is 30.5. The second-order valence-corrected chi connectivity index (χ2v) is 14.2.